The van der Waals surface area contributed by atoms with Crippen LogP contribution in [0.25, 0.3) is 0 Å². The lowest BCUT2D eigenvalue weighted by atomic mass is 10.2. The van der Waals surface area contributed by atoms with Crippen LogP contribution in [0.15, 0.2) is 41.0 Å². The summed E-state index contributed by atoms with van der Waals surface area (Å²) in [5.74, 6) is 3.37. The van der Waals surface area contributed by atoms with E-state index in [1.807, 2.05) is 19.9 Å². The molecule has 1 rings (SSSR count). The summed E-state index contributed by atoms with van der Waals surface area (Å²) < 4.78 is 34.9. The molecule has 174 valence electrons. The molecule has 0 fully saturated rings. The first-order valence-electron chi connectivity index (χ1n) is 11.3. The minimum absolute atomic E-state index is 0.00594. The summed E-state index contributed by atoms with van der Waals surface area (Å²) in [5.41, 5.74) is 2.33. The fourth-order valence-electron chi connectivity index (χ4n) is 4.54. The Balaban J connectivity index is 3.38. The van der Waals surface area contributed by atoms with Crippen molar-refractivity contribution in [2.75, 3.05) is 6.54 Å². The fraction of sp³-hybridized carbons (Fsp3) is 0.600. The highest BCUT2D eigenvalue weighted by Gasteiger charge is 2.47. The van der Waals surface area contributed by atoms with Gasteiger partial charge < -0.3 is 4.43 Å². The molecule has 0 spiro atoms. The highest BCUT2D eigenvalue weighted by molar-refractivity contribution is 7.89. The van der Waals surface area contributed by atoms with Crippen LogP contribution in [0.4, 0.5) is 0 Å². The van der Waals surface area contributed by atoms with Gasteiger partial charge in [0, 0.05) is 12.5 Å². The lowest BCUT2D eigenvalue weighted by Gasteiger charge is -2.43. The number of hydrogen-bond donors (Lipinski definition) is 0. The Hall–Kier alpha value is -1.55. The van der Waals surface area contributed by atoms with E-state index in [4.69, 9.17) is 10.8 Å². The van der Waals surface area contributed by atoms with Crippen LogP contribution < -0.4 is 0 Å². The SMILES string of the molecule is C#CCN(C(C)/C=C(/CC)O[Si](C(C)C)(C(C)C)C(C)C)S(=O)(=O)c1ccc(C)cc1. The van der Waals surface area contributed by atoms with Crippen molar-refractivity contribution in [3.05, 3.63) is 41.7 Å². The van der Waals surface area contributed by atoms with Crippen LogP contribution in [0.2, 0.25) is 16.6 Å². The average molecular weight is 464 g/mol. The molecule has 0 bridgehead atoms. The Morgan fingerprint density at radius 2 is 1.55 bits per heavy atom. The number of aryl methyl sites for hydroxylation is 1. The number of sulfonamides is 1. The van der Waals surface area contributed by atoms with Crippen LogP contribution in [0.3, 0.4) is 0 Å². The molecule has 0 amide bonds. The Labute approximate surface area is 192 Å². The molecule has 0 radical (unpaired) electrons. The van der Waals surface area contributed by atoms with Gasteiger partial charge in [0.1, 0.15) is 0 Å². The van der Waals surface area contributed by atoms with Crippen LogP contribution in [-0.2, 0) is 14.4 Å². The molecular weight excluding hydrogens is 422 g/mol. The second kappa shape index (κ2) is 11.4. The van der Waals surface area contributed by atoms with Crippen LogP contribution >= 0.6 is 0 Å². The second-order valence-corrected chi connectivity index (χ2v) is 16.5. The van der Waals surface area contributed by atoms with Crippen LogP contribution in [0.5, 0.6) is 0 Å². The summed E-state index contributed by atoms with van der Waals surface area (Å²) in [7, 11) is -5.85. The van der Waals surface area contributed by atoms with Gasteiger partial charge >= 0.3 is 0 Å². The number of allylic oxidation sites excluding steroid dienone is 1. The van der Waals surface area contributed by atoms with Gasteiger partial charge in [-0.05, 0) is 48.7 Å². The van der Waals surface area contributed by atoms with Crippen molar-refractivity contribution < 1.29 is 12.8 Å². The maximum absolute atomic E-state index is 13.3. The molecular formula is C25H41NO3SSi. The molecule has 1 aromatic carbocycles. The van der Waals surface area contributed by atoms with E-state index in [1.54, 1.807) is 24.3 Å². The van der Waals surface area contributed by atoms with E-state index in [0.717, 1.165) is 11.3 Å². The van der Waals surface area contributed by atoms with Gasteiger partial charge in [-0.15, -0.1) is 6.42 Å². The maximum Gasteiger partial charge on any atom is 0.258 e. The van der Waals surface area contributed by atoms with E-state index in [1.165, 1.54) is 4.31 Å². The Bertz CT molecular complexity index is 859. The summed E-state index contributed by atoms with van der Waals surface area (Å²) in [5, 5.41) is 0. The van der Waals surface area contributed by atoms with E-state index < -0.39 is 24.4 Å². The minimum Gasteiger partial charge on any atom is -0.546 e. The number of nitrogens with zero attached hydrogens (tertiary/aromatic N) is 1. The lowest BCUT2D eigenvalue weighted by Crippen LogP contribution is -2.47. The van der Waals surface area contributed by atoms with E-state index in [9.17, 15) is 8.42 Å². The zero-order valence-corrected chi connectivity index (χ0v) is 22.6. The monoisotopic (exact) mass is 463 g/mol. The van der Waals surface area contributed by atoms with Gasteiger partial charge in [0.25, 0.3) is 8.32 Å². The summed E-state index contributed by atoms with van der Waals surface area (Å²) in [6.45, 7) is 19.3. The zero-order chi connectivity index (χ0) is 24.0. The lowest BCUT2D eigenvalue weighted by molar-refractivity contribution is 0.344. The quantitative estimate of drug-likeness (QED) is 0.214. The summed E-state index contributed by atoms with van der Waals surface area (Å²) in [6.07, 6.45) is 8.20. The predicted molar refractivity (Wildman–Crippen MR) is 134 cm³/mol. The van der Waals surface area contributed by atoms with Crippen molar-refractivity contribution in [3.63, 3.8) is 0 Å². The number of hydrogen-bond acceptors (Lipinski definition) is 3. The molecule has 0 aliphatic heterocycles. The normalized spacial score (nSPS) is 14.4. The molecule has 0 N–H and O–H groups in total. The number of rotatable bonds is 11. The van der Waals surface area contributed by atoms with Gasteiger partial charge in [-0.3, -0.25) is 0 Å². The standard InChI is InChI=1S/C25H41NO3SSi/c1-11-17-26(30(27,28)25-15-13-22(9)14-16-25)23(10)18-24(12-2)29-31(19(3)4,20(5)6)21(7)8/h1,13-16,18-21,23H,12,17H2,2-10H3/b24-18-. The molecule has 0 aromatic heterocycles. The van der Waals surface area contributed by atoms with Gasteiger partial charge in [0.15, 0.2) is 0 Å². The van der Waals surface area contributed by atoms with Gasteiger partial charge in [-0.2, -0.15) is 4.31 Å². The van der Waals surface area contributed by atoms with Crippen molar-refractivity contribution in [2.45, 2.75) is 96.3 Å². The maximum atomic E-state index is 13.3. The second-order valence-electron chi connectivity index (χ2n) is 9.21. The smallest absolute Gasteiger partial charge is 0.258 e. The summed E-state index contributed by atoms with van der Waals surface area (Å²) in [6, 6.07) is 6.45. The van der Waals surface area contributed by atoms with Gasteiger partial charge in [-0.25, -0.2) is 8.42 Å². The van der Waals surface area contributed by atoms with E-state index in [-0.39, 0.29) is 11.4 Å². The van der Waals surface area contributed by atoms with Crippen molar-refractivity contribution in [1.29, 1.82) is 0 Å². The first-order valence-corrected chi connectivity index (χ1v) is 14.8. The van der Waals surface area contributed by atoms with Crippen LogP contribution in [0.1, 0.15) is 67.4 Å². The van der Waals surface area contributed by atoms with Gasteiger partial charge in [0.05, 0.1) is 17.2 Å². The summed E-state index contributed by atoms with van der Waals surface area (Å²) >= 11 is 0. The van der Waals surface area contributed by atoms with Gasteiger partial charge in [0.2, 0.25) is 10.0 Å². The third-order valence-electron chi connectivity index (χ3n) is 6.12. The highest BCUT2D eigenvalue weighted by Crippen LogP contribution is 2.44. The third-order valence-corrected chi connectivity index (χ3v) is 14.1. The molecule has 6 heteroatoms. The highest BCUT2D eigenvalue weighted by atomic mass is 32.2. The summed E-state index contributed by atoms with van der Waals surface area (Å²) in [4.78, 5) is 0.253. The van der Waals surface area contributed by atoms with Crippen molar-refractivity contribution in [2.24, 2.45) is 0 Å². The molecule has 1 atom stereocenters. The first-order chi connectivity index (χ1) is 14.3. The van der Waals surface area contributed by atoms with E-state index in [2.05, 4.69) is 54.4 Å². The van der Waals surface area contributed by atoms with Gasteiger partial charge in [-0.1, -0.05) is 72.1 Å². The Morgan fingerprint density at radius 3 is 1.94 bits per heavy atom. The van der Waals surface area contributed by atoms with E-state index >= 15 is 0 Å². The molecule has 0 aliphatic carbocycles. The minimum atomic E-state index is -3.72. The van der Waals surface area contributed by atoms with Crippen LogP contribution in [0, 0.1) is 19.3 Å². The molecule has 4 nitrogen and oxygen atoms in total. The van der Waals surface area contributed by atoms with Crippen LogP contribution in [-0.4, -0.2) is 33.6 Å². The predicted octanol–water partition coefficient (Wildman–Crippen LogP) is 6.49. The Morgan fingerprint density at radius 1 is 1.06 bits per heavy atom. The van der Waals surface area contributed by atoms with Crippen molar-refractivity contribution in [1.82, 2.24) is 4.31 Å². The number of terminal acetylenes is 1. The molecule has 0 saturated carbocycles. The molecule has 0 saturated heterocycles. The first kappa shape index (κ1) is 27.5. The fourth-order valence-corrected chi connectivity index (χ4v) is 11.4. The largest absolute Gasteiger partial charge is 0.546 e. The van der Waals surface area contributed by atoms with Crippen molar-refractivity contribution in [3.8, 4) is 12.3 Å². The zero-order valence-electron chi connectivity index (χ0n) is 20.8. The number of benzene rings is 1. The van der Waals surface area contributed by atoms with E-state index in [0.29, 0.717) is 23.0 Å². The topological polar surface area (TPSA) is 46.6 Å². The third kappa shape index (κ3) is 6.24. The molecule has 1 aromatic rings. The average Bonchev–Trinajstić information content (AvgIpc) is 2.68. The van der Waals surface area contributed by atoms with Crippen molar-refractivity contribution >= 4 is 18.3 Å². The Kier molecular flexibility index (Phi) is 10.1. The molecule has 1 unspecified atom stereocenters. The molecule has 31 heavy (non-hydrogen) atoms. The molecule has 0 heterocycles. The molecule has 0 aliphatic rings.